The van der Waals surface area contributed by atoms with Crippen molar-refractivity contribution in [1.82, 2.24) is 4.90 Å². The summed E-state index contributed by atoms with van der Waals surface area (Å²) < 4.78 is 5.08. The third-order valence-electron chi connectivity index (χ3n) is 9.08. The third kappa shape index (κ3) is 5.01. The number of para-hydroxylation sites is 1. The molecular weight excluding hydrogens is 408 g/mol. The van der Waals surface area contributed by atoms with Crippen LogP contribution in [0.5, 0.6) is 0 Å². The van der Waals surface area contributed by atoms with Gasteiger partial charge in [0.05, 0.1) is 6.61 Å². The van der Waals surface area contributed by atoms with E-state index in [0.717, 1.165) is 35.5 Å². The van der Waals surface area contributed by atoms with Crippen LogP contribution in [0.25, 0.3) is 6.08 Å². The maximum Gasteiger partial charge on any atom is 0.330 e. The molecule has 2 aliphatic heterocycles. The molecule has 4 bridgehead atoms. The Morgan fingerprint density at radius 1 is 0.970 bits per heavy atom. The summed E-state index contributed by atoms with van der Waals surface area (Å²) in [5, 5.41) is 0. The molecule has 180 valence electrons. The Hall–Kier alpha value is -1.81. The Morgan fingerprint density at radius 3 is 2.33 bits per heavy atom. The van der Waals surface area contributed by atoms with E-state index >= 15 is 0 Å². The van der Waals surface area contributed by atoms with E-state index in [-0.39, 0.29) is 5.97 Å². The smallest absolute Gasteiger partial charge is 0.330 e. The van der Waals surface area contributed by atoms with Crippen LogP contribution in [-0.4, -0.2) is 48.7 Å². The van der Waals surface area contributed by atoms with Crippen LogP contribution in [0, 0.1) is 11.8 Å². The summed E-state index contributed by atoms with van der Waals surface area (Å²) in [5.74, 6) is 1.73. The lowest BCUT2D eigenvalue weighted by molar-refractivity contribution is -0.137. The molecule has 0 radical (unpaired) electrons. The van der Waals surface area contributed by atoms with Gasteiger partial charge in [0.15, 0.2) is 0 Å². The Balaban J connectivity index is 1.30. The van der Waals surface area contributed by atoms with Gasteiger partial charge in [0.25, 0.3) is 0 Å². The Morgan fingerprint density at radius 2 is 1.64 bits per heavy atom. The zero-order chi connectivity index (χ0) is 22.8. The molecule has 33 heavy (non-hydrogen) atoms. The van der Waals surface area contributed by atoms with E-state index in [4.69, 9.17) is 4.74 Å². The quantitative estimate of drug-likeness (QED) is 0.390. The number of ether oxygens (including phenoxy) is 1. The van der Waals surface area contributed by atoms with Gasteiger partial charge in [-0.2, -0.15) is 0 Å². The van der Waals surface area contributed by atoms with E-state index < -0.39 is 0 Å². The lowest BCUT2D eigenvalue weighted by Gasteiger charge is -2.56. The summed E-state index contributed by atoms with van der Waals surface area (Å²) >= 11 is 0. The summed E-state index contributed by atoms with van der Waals surface area (Å²) in [7, 11) is 2.26. The van der Waals surface area contributed by atoms with Crippen LogP contribution in [0.1, 0.15) is 83.1 Å². The van der Waals surface area contributed by atoms with Gasteiger partial charge in [-0.3, -0.25) is 4.90 Å². The topological polar surface area (TPSA) is 32.8 Å². The predicted molar refractivity (Wildman–Crippen MR) is 135 cm³/mol. The fourth-order valence-corrected chi connectivity index (χ4v) is 7.74. The number of fused-ring (bicyclic) bond motifs is 4. The third-order valence-corrected chi connectivity index (χ3v) is 9.08. The minimum atomic E-state index is -0.268. The largest absolute Gasteiger partial charge is 0.463 e. The maximum atomic E-state index is 11.9. The number of nitrogens with zero attached hydrogens (tertiary/aromatic N) is 2. The molecule has 4 nitrogen and oxygen atoms in total. The number of carbonyl (C=O) groups is 1. The highest BCUT2D eigenvalue weighted by atomic mass is 16.5. The van der Waals surface area contributed by atoms with Crippen LogP contribution in [0.4, 0.5) is 5.69 Å². The minimum Gasteiger partial charge on any atom is -0.463 e. The fraction of sp³-hybridized carbons (Fsp3) is 0.690. The average Bonchev–Trinajstić information content (AvgIpc) is 2.81. The molecule has 4 heteroatoms. The van der Waals surface area contributed by atoms with Crippen LogP contribution in [0.2, 0.25) is 0 Å². The first-order valence-corrected chi connectivity index (χ1v) is 13.6. The van der Waals surface area contributed by atoms with Gasteiger partial charge in [-0.15, -0.1) is 0 Å². The second kappa shape index (κ2) is 10.2. The number of anilines is 1. The summed E-state index contributed by atoms with van der Waals surface area (Å²) in [6.07, 6.45) is 19.1. The van der Waals surface area contributed by atoms with Crippen LogP contribution >= 0.6 is 0 Å². The summed E-state index contributed by atoms with van der Waals surface area (Å²) in [4.78, 5) is 17.4. The Bertz CT molecular complexity index is 826. The van der Waals surface area contributed by atoms with Crippen molar-refractivity contribution in [2.24, 2.45) is 11.8 Å². The normalized spacial score (nSPS) is 34.2. The van der Waals surface area contributed by atoms with Crippen molar-refractivity contribution in [3.8, 4) is 0 Å². The second-order valence-corrected chi connectivity index (χ2v) is 11.1. The Kier molecular flexibility index (Phi) is 7.10. The molecule has 0 aromatic heterocycles. The number of piperidine rings is 2. The number of carbonyl (C=O) groups excluding carboxylic acids is 1. The number of hydrogen-bond donors (Lipinski definition) is 0. The van der Waals surface area contributed by atoms with Gasteiger partial charge < -0.3 is 9.64 Å². The lowest BCUT2D eigenvalue weighted by Crippen LogP contribution is -2.61. The number of rotatable bonds is 6. The van der Waals surface area contributed by atoms with Crippen LogP contribution in [-0.2, 0) is 9.53 Å². The molecule has 0 N–H and O–H groups in total. The second-order valence-electron chi connectivity index (χ2n) is 11.1. The predicted octanol–water partition coefficient (Wildman–Crippen LogP) is 6.05. The standard InChI is InChI=1S/C29H42N2O2/c1-3-33-29(32)15-14-23-10-4-5-13-28(23)30(2)26-19-24-11-7-12-25(20-26)31(24)27-17-21-8-6-9-22(16-21)18-27/h4-5,10,13-15,21-22,24-27H,3,6-9,11-12,16-20H2,1-2H3/b15-14+. The van der Waals surface area contributed by atoms with Gasteiger partial charge in [-0.25, -0.2) is 4.79 Å². The van der Waals surface area contributed by atoms with Crippen molar-refractivity contribution >= 4 is 17.7 Å². The summed E-state index contributed by atoms with van der Waals surface area (Å²) in [6, 6.07) is 11.4. The zero-order valence-electron chi connectivity index (χ0n) is 20.6. The highest BCUT2D eigenvalue weighted by Crippen LogP contribution is 2.46. The van der Waals surface area contributed by atoms with Gasteiger partial charge in [0, 0.05) is 43.0 Å². The monoisotopic (exact) mass is 450 g/mol. The van der Waals surface area contributed by atoms with Crippen molar-refractivity contribution < 1.29 is 9.53 Å². The highest BCUT2D eigenvalue weighted by Gasteiger charge is 2.45. The van der Waals surface area contributed by atoms with Crippen molar-refractivity contribution in [3.63, 3.8) is 0 Å². The van der Waals surface area contributed by atoms with Crippen molar-refractivity contribution in [2.45, 2.75) is 102 Å². The number of benzene rings is 1. The van der Waals surface area contributed by atoms with Gasteiger partial charge >= 0.3 is 5.97 Å². The van der Waals surface area contributed by atoms with Crippen molar-refractivity contribution in [2.75, 3.05) is 18.6 Å². The molecule has 4 fully saturated rings. The molecule has 5 rings (SSSR count). The minimum absolute atomic E-state index is 0.268. The molecule has 0 amide bonds. The molecule has 1 aromatic rings. The molecule has 2 heterocycles. The van der Waals surface area contributed by atoms with Gasteiger partial charge in [0.2, 0.25) is 0 Å². The molecule has 2 saturated carbocycles. The van der Waals surface area contributed by atoms with E-state index in [0.29, 0.717) is 12.6 Å². The summed E-state index contributed by atoms with van der Waals surface area (Å²) in [6.45, 7) is 2.25. The highest BCUT2D eigenvalue weighted by molar-refractivity contribution is 5.88. The first-order chi connectivity index (χ1) is 16.1. The van der Waals surface area contributed by atoms with E-state index in [1.807, 2.05) is 13.0 Å². The van der Waals surface area contributed by atoms with Gasteiger partial charge in [-0.1, -0.05) is 43.9 Å². The maximum absolute atomic E-state index is 11.9. The molecule has 4 unspecified atom stereocenters. The Labute approximate surface area is 200 Å². The molecular formula is C29H42N2O2. The molecule has 4 atom stereocenters. The van der Waals surface area contributed by atoms with Crippen LogP contribution in [0.3, 0.4) is 0 Å². The number of hydrogen-bond acceptors (Lipinski definition) is 4. The van der Waals surface area contributed by atoms with Gasteiger partial charge in [0.1, 0.15) is 0 Å². The fourth-order valence-electron chi connectivity index (χ4n) is 7.74. The molecule has 0 spiro atoms. The molecule has 1 aromatic carbocycles. The van der Waals surface area contributed by atoms with Crippen LogP contribution in [0.15, 0.2) is 30.3 Å². The summed E-state index contributed by atoms with van der Waals surface area (Å²) in [5.41, 5.74) is 2.32. The van der Waals surface area contributed by atoms with E-state index in [2.05, 4.69) is 41.1 Å². The lowest BCUT2D eigenvalue weighted by atomic mass is 9.68. The van der Waals surface area contributed by atoms with Crippen LogP contribution < -0.4 is 4.90 Å². The van der Waals surface area contributed by atoms with Crippen molar-refractivity contribution in [3.05, 3.63) is 35.9 Å². The first kappa shape index (κ1) is 23.0. The van der Waals surface area contributed by atoms with E-state index in [1.54, 1.807) is 6.08 Å². The SMILES string of the molecule is CCOC(=O)/C=C/c1ccccc1N(C)C1CC2CCCC(C1)N2C1CC2CCCC(C2)C1. The molecule has 2 saturated heterocycles. The van der Waals surface area contributed by atoms with E-state index in [1.165, 1.54) is 76.3 Å². The molecule has 2 aliphatic carbocycles. The van der Waals surface area contributed by atoms with Gasteiger partial charge in [-0.05, 0) is 81.4 Å². The first-order valence-electron chi connectivity index (χ1n) is 13.6. The average molecular weight is 451 g/mol. The zero-order valence-corrected chi connectivity index (χ0v) is 20.6. The number of esters is 1. The van der Waals surface area contributed by atoms with E-state index in [9.17, 15) is 4.79 Å². The molecule has 4 aliphatic rings. The van der Waals surface area contributed by atoms with Crippen molar-refractivity contribution in [1.29, 1.82) is 0 Å².